The molecule has 22 heavy (non-hydrogen) atoms. The molecular formula is C16H13N3O3. The number of benzene rings is 2. The quantitative estimate of drug-likeness (QED) is 0.718. The molecule has 0 spiro atoms. The van der Waals surface area contributed by atoms with Gasteiger partial charge in [0.05, 0.1) is 10.9 Å². The van der Waals surface area contributed by atoms with Crippen molar-refractivity contribution in [1.29, 1.82) is 0 Å². The number of nitrogens with one attached hydrogen (secondary N) is 1. The van der Waals surface area contributed by atoms with Crippen molar-refractivity contribution in [2.24, 2.45) is 0 Å². The van der Waals surface area contributed by atoms with E-state index >= 15 is 0 Å². The summed E-state index contributed by atoms with van der Waals surface area (Å²) in [5, 5.41) is 12.7. The molecule has 0 saturated carbocycles. The molecule has 0 aliphatic carbocycles. The number of hydrogen-bond donors (Lipinski definition) is 2. The molecule has 0 saturated heterocycles. The van der Waals surface area contributed by atoms with E-state index in [0.29, 0.717) is 5.52 Å². The highest BCUT2D eigenvalue weighted by molar-refractivity contribution is 5.92. The van der Waals surface area contributed by atoms with Gasteiger partial charge in [0.2, 0.25) is 5.82 Å². The average Bonchev–Trinajstić information content (AvgIpc) is 2.57. The van der Waals surface area contributed by atoms with Crippen molar-refractivity contribution >= 4 is 16.8 Å². The van der Waals surface area contributed by atoms with E-state index in [9.17, 15) is 14.8 Å². The predicted molar refractivity (Wildman–Crippen MR) is 80.8 cm³/mol. The molecule has 3 aromatic rings. The third kappa shape index (κ3) is 2.54. The van der Waals surface area contributed by atoms with E-state index in [1.807, 2.05) is 30.3 Å². The first-order chi connectivity index (χ1) is 10.7. The topological polar surface area (TPSA) is 84.2 Å². The molecule has 6 nitrogen and oxygen atoms in total. The predicted octanol–water partition coefficient (Wildman–Crippen LogP) is 1.56. The van der Waals surface area contributed by atoms with Crippen LogP contribution in [0.25, 0.3) is 10.9 Å². The van der Waals surface area contributed by atoms with E-state index in [-0.39, 0.29) is 22.5 Å². The first-order valence-corrected chi connectivity index (χ1v) is 6.70. The molecular weight excluding hydrogens is 282 g/mol. The molecule has 0 bridgehead atoms. The monoisotopic (exact) mass is 295 g/mol. The van der Waals surface area contributed by atoms with Gasteiger partial charge in [0.1, 0.15) is 0 Å². The number of para-hydroxylation sites is 1. The van der Waals surface area contributed by atoms with Crippen LogP contribution in [0.1, 0.15) is 16.2 Å². The Morgan fingerprint density at radius 3 is 2.55 bits per heavy atom. The number of aromatic nitrogens is 2. The van der Waals surface area contributed by atoms with Gasteiger partial charge in [-0.25, -0.2) is 4.98 Å². The van der Waals surface area contributed by atoms with Gasteiger partial charge in [0.15, 0.2) is 0 Å². The molecule has 0 aliphatic heterocycles. The number of fused-ring (bicyclic) bond motifs is 1. The zero-order valence-electron chi connectivity index (χ0n) is 11.6. The number of rotatable bonds is 3. The second-order valence-corrected chi connectivity index (χ2v) is 4.74. The van der Waals surface area contributed by atoms with Gasteiger partial charge in [0.25, 0.3) is 11.5 Å². The highest BCUT2D eigenvalue weighted by Crippen LogP contribution is 2.07. The first kappa shape index (κ1) is 13.8. The Bertz CT molecular complexity index is 888. The summed E-state index contributed by atoms with van der Waals surface area (Å²) >= 11 is 0. The van der Waals surface area contributed by atoms with Gasteiger partial charge in [-0.2, -0.15) is 0 Å². The Balaban J connectivity index is 1.91. The van der Waals surface area contributed by atoms with Crippen LogP contribution in [-0.2, 0) is 6.54 Å². The Hall–Kier alpha value is -3.15. The van der Waals surface area contributed by atoms with Gasteiger partial charge in [-0.1, -0.05) is 42.5 Å². The maximum Gasteiger partial charge on any atom is 0.294 e. The van der Waals surface area contributed by atoms with Gasteiger partial charge < -0.3 is 10.5 Å². The van der Waals surface area contributed by atoms with Crippen LogP contribution in [0.15, 0.2) is 59.4 Å². The zero-order valence-corrected chi connectivity index (χ0v) is 11.6. The number of hydrogen-bond acceptors (Lipinski definition) is 4. The van der Waals surface area contributed by atoms with Crippen LogP contribution in [-0.4, -0.2) is 20.8 Å². The molecule has 2 aromatic carbocycles. The van der Waals surface area contributed by atoms with Crippen LogP contribution in [0.3, 0.4) is 0 Å². The lowest BCUT2D eigenvalue weighted by atomic mass is 10.2. The van der Waals surface area contributed by atoms with Crippen molar-refractivity contribution in [1.82, 2.24) is 15.0 Å². The fraction of sp³-hybridized carbons (Fsp3) is 0.0625. The van der Waals surface area contributed by atoms with Crippen molar-refractivity contribution in [3.8, 4) is 0 Å². The first-order valence-electron chi connectivity index (χ1n) is 6.70. The number of carbonyl (C=O) groups is 1. The summed E-state index contributed by atoms with van der Waals surface area (Å²) in [4.78, 5) is 28.2. The summed E-state index contributed by atoms with van der Waals surface area (Å²) in [5.74, 6) is -0.950. The molecule has 0 unspecified atom stereocenters. The summed E-state index contributed by atoms with van der Waals surface area (Å²) in [6.07, 6.45) is 0. The molecule has 1 amide bonds. The van der Waals surface area contributed by atoms with Gasteiger partial charge >= 0.3 is 0 Å². The number of nitrogens with zero attached hydrogens (tertiary/aromatic N) is 2. The fourth-order valence-corrected chi connectivity index (χ4v) is 2.13. The smallest absolute Gasteiger partial charge is 0.294 e. The van der Waals surface area contributed by atoms with E-state index in [0.717, 1.165) is 5.56 Å². The summed E-state index contributed by atoms with van der Waals surface area (Å²) in [5.41, 5.74) is 0.599. The standard InChI is InChI=1S/C16H13N3O3/c20-15(17-10-11-6-2-1-3-7-11)14-18-13-9-5-4-8-12(13)16(21)19(14)22/h1-9,22H,10H2,(H,17,20). The van der Waals surface area contributed by atoms with Crippen molar-refractivity contribution < 1.29 is 10.0 Å². The number of carbonyl (C=O) groups excluding carboxylic acids is 1. The van der Waals surface area contributed by atoms with E-state index < -0.39 is 11.5 Å². The normalized spacial score (nSPS) is 10.5. The van der Waals surface area contributed by atoms with Crippen molar-refractivity contribution in [2.45, 2.75) is 6.54 Å². The zero-order chi connectivity index (χ0) is 15.5. The van der Waals surface area contributed by atoms with Crippen LogP contribution in [0.5, 0.6) is 0 Å². The van der Waals surface area contributed by atoms with Crippen LogP contribution in [0.2, 0.25) is 0 Å². The third-order valence-electron chi connectivity index (χ3n) is 3.25. The maximum absolute atomic E-state index is 12.1. The average molecular weight is 295 g/mol. The SMILES string of the molecule is O=C(NCc1ccccc1)c1nc2ccccc2c(=O)n1O. The van der Waals surface area contributed by atoms with Crippen LogP contribution < -0.4 is 10.9 Å². The fourth-order valence-electron chi connectivity index (χ4n) is 2.13. The minimum atomic E-state index is -0.671. The summed E-state index contributed by atoms with van der Waals surface area (Å²) in [6.45, 7) is 0.280. The Morgan fingerprint density at radius 1 is 1.09 bits per heavy atom. The summed E-state index contributed by atoms with van der Waals surface area (Å²) < 4.78 is 0.280. The van der Waals surface area contributed by atoms with E-state index in [1.54, 1.807) is 24.3 Å². The molecule has 0 atom stereocenters. The lowest BCUT2D eigenvalue weighted by Gasteiger charge is -2.08. The highest BCUT2D eigenvalue weighted by Gasteiger charge is 2.16. The second-order valence-electron chi connectivity index (χ2n) is 4.74. The summed E-state index contributed by atoms with van der Waals surface area (Å²) in [7, 11) is 0. The van der Waals surface area contributed by atoms with E-state index in [2.05, 4.69) is 10.3 Å². The van der Waals surface area contributed by atoms with E-state index in [4.69, 9.17) is 0 Å². The molecule has 6 heteroatoms. The molecule has 1 aromatic heterocycles. The molecule has 0 aliphatic rings. The molecule has 1 heterocycles. The Kier molecular flexibility index (Phi) is 3.57. The van der Waals surface area contributed by atoms with Gasteiger partial charge in [0, 0.05) is 6.54 Å². The van der Waals surface area contributed by atoms with Crippen molar-refractivity contribution in [2.75, 3.05) is 0 Å². The second kappa shape index (κ2) is 5.69. The Morgan fingerprint density at radius 2 is 1.77 bits per heavy atom. The molecule has 3 rings (SSSR count). The molecule has 2 N–H and O–H groups in total. The summed E-state index contributed by atoms with van der Waals surface area (Å²) in [6, 6.07) is 15.9. The number of amides is 1. The lowest BCUT2D eigenvalue weighted by molar-refractivity contribution is 0.0878. The van der Waals surface area contributed by atoms with Gasteiger partial charge in [-0.15, -0.1) is 4.73 Å². The maximum atomic E-state index is 12.1. The molecule has 0 radical (unpaired) electrons. The van der Waals surface area contributed by atoms with E-state index in [1.165, 1.54) is 0 Å². The largest absolute Gasteiger partial charge is 0.423 e. The van der Waals surface area contributed by atoms with Crippen molar-refractivity contribution in [3.05, 3.63) is 76.3 Å². The minimum absolute atomic E-state index is 0.254. The van der Waals surface area contributed by atoms with Gasteiger partial charge in [-0.05, 0) is 17.7 Å². The van der Waals surface area contributed by atoms with Crippen LogP contribution in [0, 0.1) is 0 Å². The Labute approximate surface area is 125 Å². The van der Waals surface area contributed by atoms with Crippen molar-refractivity contribution in [3.63, 3.8) is 0 Å². The highest BCUT2D eigenvalue weighted by atomic mass is 16.5. The van der Waals surface area contributed by atoms with Gasteiger partial charge in [-0.3, -0.25) is 9.59 Å². The van der Waals surface area contributed by atoms with Crippen LogP contribution in [0.4, 0.5) is 0 Å². The molecule has 110 valence electrons. The minimum Gasteiger partial charge on any atom is -0.423 e. The van der Waals surface area contributed by atoms with Crippen LogP contribution >= 0.6 is 0 Å². The molecule has 0 fully saturated rings. The third-order valence-corrected chi connectivity index (χ3v) is 3.25. The lowest BCUT2D eigenvalue weighted by Crippen LogP contribution is -2.32.